The minimum atomic E-state index is 0.102. The van der Waals surface area contributed by atoms with Gasteiger partial charge in [-0.1, -0.05) is 15.9 Å². The molecule has 0 fully saturated rings. The molecular formula is C13H15BrN4O. The summed E-state index contributed by atoms with van der Waals surface area (Å²) in [5.74, 6) is 1.87. The standard InChI is InChI=1S/C13H15BrN4O/c1-15-11(13-16-7-17-18-13)6-9-5-10(14)4-8-2-3-19-12(8)9/h4-5,7,11,15H,2-3,6H2,1H3,(H,16,17,18). The highest BCUT2D eigenvalue weighted by molar-refractivity contribution is 9.10. The number of fused-ring (bicyclic) bond motifs is 1. The zero-order chi connectivity index (χ0) is 13.2. The zero-order valence-corrected chi connectivity index (χ0v) is 12.2. The second-order valence-electron chi connectivity index (χ2n) is 4.57. The monoisotopic (exact) mass is 322 g/mol. The highest BCUT2D eigenvalue weighted by atomic mass is 79.9. The summed E-state index contributed by atoms with van der Waals surface area (Å²) in [6.07, 6.45) is 3.32. The lowest BCUT2D eigenvalue weighted by atomic mass is 10.0. The van der Waals surface area contributed by atoms with Crippen LogP contribution in [0.5, 0.6) is 5.75 Å². The van der Waals surface area contributed by atoms with Crippen LogP contribution in [-0.2, 0) is 12.8 Å². The first-order valence-electron chi connectivity index (χ1n) is 6.24. The number of benzene rings is 1. The molecule has 0 saturated carbocycles. The van der Waals surface area contributed by atoms with Crippen molar-refractivity contribution in [3.8, 4) is 5.75 Å². The van der Waals surface area contributed by atoms with E-state index >= 15 is 0 Å². The first kappa shape index (κ1) is 12.6. The van der Waals surface area contributed by atoms with E-state index in [0.717, 1.165) is 35.5 Å². The topological polar surface area (TPSA) is 62.8 Å². The Hall–Kier alpha value is -1.40. The van der Waals surface area contributed by atoms with Gasteiger partial charge in [-0.2, -0.15) is 5.10 Å². The molecule has 1 aliphatic heterocycles. The first-order chi connectivity index (χ1) is 9.28. The molecule has 0 amide bonds. The van der Waals surface area contributed by atoms with Crippen molar-refractivity contribution in [1.82, 2.24) is 20.5 Å². The molecule has 1 unspecified atom stereocenters. The molecule has 1 atom stereocenters. The van der Waals surface area contributed by atoms with Gasteiger partial charge in [-0.05, 0) is 36.7 Å². The number of aromatic nitrogens is 3. The van der Waals surface area contributed by atoms with Gasteiger partial charge >= 0.3 is 0 Å². The van der Waals surface area contributed by atoms with Crippen LogP contribution in [0.2, 0.25) is 0 Å². The number of likely N-dealkylation sites (N-methyl/N-ethyl adjacent to an activating group) is 1. The van der Waals surface area contributed by atoms with Crippen LogP contribution < -0.4 is 10.1 Å². The highest BCUT2D eigenvalue weighted by Gasteiger charge is 2.21. The first-order valence-corrected chi connectivity index (χ1v) is 7.04. The molecular weight excluding hydrogens is 308 g/mol. The van der Waals surface area contributed by atoms with E-state index in [1.54, 1.807) is 0 Å². The van der Waals surface area contributed by atoms with Gasteiger partial charge < -0.3 is 10.1 Å². The van der Waals surface area contributed by atoms with Crippen LogP contribution in [0.3, 0.4) is 0 Å². The predicted octanol–water partition coefficient (Wildman–Crippen LogP) is 2.01. The number of H-pyrrole nitrogens is 1. The summed E-state index contributed by atoms with van der Waals surface area (Å²) in [6, 6.07) is 4.35. The molecule has 1 aromatic heterocycles. The van der Waals surface area contributed by atoms with Crippen LogP contribution in [0, 0.1) is 0 Å². The van der Waals surface area contributed by atoms with Crippen molar-refractivity contribution in [3.05, 3.63) is 39.9 Å². The van der Waals surface area contributed by atoms with Gasteiger partial charge in [0.15, 0.2) is 0 Å². The number of nitrogens with one attached hydrogen (secondary N) is 2. The highest BCUT2D eigenvalue weighted by Crippen LogP contribution is 2.34. The number of hydrogen-bond acceptors (Lipinski definition) is 4. The second-order valence-corrected chi connectivity index (χ2v) is 5.48. The maximum atomic E-state index is 5.75. The average molecular weight is 323 g/mol. The van der Waals surface area contributed by atoms with E-state index in [1.807, 2.05) is 7.05 Å². The van der Waals surface area contributed by atoms with Gasteiger partial charge in [0.2, 0.25) is 0 Å². The molecule has 0 aliphatic carbocycles. The van der Waals surface area contributed by atoms with E-state index in [4.69, 9.17) is 4.74 Å². The molecule has 19 heavy (non-hydrogen) atoms. The Morgan fingerprint density at radius 1 is 1.53 bits per heavy atom. The van der Waals surface area contributed by atoms with Crippen LogP contribution in [0.25, 0.3) is 0 Å². The van der Waals surface area contributed by atoms with Gasteiger partial charge in [0.05, 0.1) is 12.6 Å². The summed E-state index contributed by atoms with van der Waals surface area (Å²) >= 11 is 3.56. The average Bonchev–Trinajstić information content (AvgIpc) is 3.05. The van der Waals surface area contributed by atoms with E-state index in [0.29, 0.717) is 0 Å². The molecule has 0 spiro atoms. The van der Waals surface area contributed by atoms with Gasteiger partial charge in [0.1, 0.15) is 17.9 Å². The van der Waals surface area contributed by atoms with Gasteiger partial charge in [0, 0.05) is 10.9 Å². The van der Waals surface area contributed by atoms with E-state index in [9.17, 15) is 0 Å². The normalized spacial score (nSPS) is 15.1. The molecule has 0 bridgehead atoms. The molecule has 0 radical (unpaired) electrons. The Kier molecular flexibility index (Phi) is 3.52. The second kappa shape index (κ2) is 5.30. The molecule has 6 heteroatoms. The van der Waals surface area contributed by atoms with Crippen molar-refractivity contribution in [2.45, 2.75) is 18.9 Å². The van der Waals surface area contributed by atoms with Crippen molar-refractivity contribution in [2.24, 2.45) is 0 Å². The van der Waals surface area contributed by atoms with Crippen LogP contribution in [0.4, 0.5) is 0 Å². The number of halogens is 1. The number of nitrogens with zero attached hydrogens (tertiary/aromatic N) is 2. The zero-order valence-electron chi connectivity index (χ0n) is 10.6. The Morgan fingerprint density at radius 2 is 2.42 bits per heavy atom. The van der Waals surface area contributed by atoms with E-state index in [-0.39, 0.29) is 6.04 Å². The fourth-order valence-electron chi connectivity index (χ4n) is 2.44. The van der Waals surface area contributed by atoms with Crippen molar-refractivity contribution >= 4 is 15.9 Å². The van der Waals surface area contributed by atoms with Gasteiger partial charge in [-0.25, -0.2) is 4.98 Å². The van der Waals surface area contributed by atoms with Crippen molar-refractivity contribution in [3.63, 3.8) is 0 Å². The smallest absolute Gasteiger partial charge is 0.141 e. The maximum absolute atomic E-state index is 5.75. The van der Waals surface area contributed by atoms with Crippen LogP contribution >= 0.6 is 15.9 Å². The predicted molar refractivity (Wildman–Crippen MR) is 75.2 cm³/mol. The Balaban J connectivity index is 1.90. The van der Waals surface area contributed by atoms with E-state index in [1.165, 1.54) is 17.5 Å². The minimum absolute atomic E-state index is 0.102. The molecule has 0 saturated heterocycles. The third-order valence-electron chi connectivity index (χ3n) is 3.36. The molecule has 2 heterocycles. The minimum Gasteiger partial charge on any atom is -0.493 e. The Bertz CT molecular complexity index is 570. The van der Waals surface area contributed by atoms with Crippen LogP contribution in [0.1, 0.15) is 23.0 Å². The number of hydrogen-bond donors (Lipinski definition) is 2. The number of ether oxygens (including phenoxy) is 1. The summed E-state index contributed by atoms with van der Waals surface area (Å²) in [7, 11) is 1.92. The third-order valence-corrected chi connectivity index (χ3v) is 3.82. The summed E-state index contributed by atoms with van der Waals surface area (Å²) in [5.41, 5.74) is 2.47. The van der Waals surface area contributed by atoms with Gasteiger partial charge in [0.25, 0.3) is 0 Å². The summed E-state index contributed by atoms with van der Waals surface area (Å²) < 4.78 is 6.85. The van der Waals surface area contributed by atoms with Crippen molar-refractivity contribution in [1.29, 1.82) is 0 Å². The molecule has 5 nitrogen and oxygen atoms in total. The number of aromatic amines is 1. The van der Waals surface area contributed by atoms with Crippen LogP contribution in [0.15, 0.2) is 22.9 Å². The van der Waals surface area contributed by atoms with Gasteiger partial charge in [-0.3, -0.25) is 5.10 Å². The lowest BCUT2D eigenvalue weighted by Gasteiger charge is -2.16. The molecule has 1 aromatic carbocycles. The third kappa shape index (κ3) is 2.50. The van der Waals surface area contributed by atoms with Gasteiger partial charge in [-0.15, -0.1) is 0 Å². The quantitative estimate of drug-likeness (QED) is 0.903. The molecule has 2 N–H and O–H groups in total. The lowest BCUT2D eigenvalue weighted by Crippen LogP contribution is -2.20. The maximum Gasteiger partial charge on any atom is 0.141 e. The summed E-state index contributed by atoms with van der Waals surface area (Å²) in [5, 5.41) is 10.1. The SMILES string of the molecule is CNC(Cc1cc(Br)cc2c1OCC2)c1ncn[nH]1. The lowest BCUT2D eigenvalue weighted by molar-refractivity contribution is 0.351. The van der Waals surface area contributed by atoms with E-state index in [2.05, 4.69) is 48.6 Å². The summed E-state index contributed by atoms with van der Waals surface area (Å²) in [4.78, 5) is 4.22. The number of rotatable bonds is 4. The Labute approximate surface area is 119 Å². The van der Waals surface area contributed by atoms with Crippen molar-refractivity contribution in [2.75, 3.05) is 13.7 Å². The summed E-state index contributed by atoms with van der Waals surface area (Å²) in [6.45, 7) is 0.769. The van der Waals surface area contributed by atoms with Crippen molar-refractivity contribution < 1.29 is 4.74 Å². The molecule has 100 valence electrons. The molecule has 1 aliphatic rings. The van der Waals surface area contributed by atoms with Crippen LogP contribution in [-0.4, -0.2) is 28.8 Å². The largest absolute Gasteiger partial charge is 0.493 e. The fraction of sp³-hybridized carbons (Fsp3) is 0.385. The fourth-order valence-corrected chi connectivity index (χ4v) is 2.99. The van der Waals surface area contributed by atoms with E-state index < -0.39 is 0 Å². The molecule has 3 rings (SSSR count). The Morgan fingerprint density at radius 3 is 3.16 bits per heavy atom. The molecule has 2 aromatic rings.